The Balaban J connectivity index is 2.01. The zero-order valence-corrected chi connectivity index (χ0v) is 16.7. The van der Waals surface area contributed by atoms with Crippen LogP contribution in [0.1, 0.15) is 38.1 Å². The average molecular weight is 427 g/mol. The average Bonchev–Trinajstić information content (AvgIpc) is 3.13. The Morgan fingerprint density at radius 3 is 2.39 bits per heavy atom. The summed E-state index contributed by atoms with van der Waals surface area (Å²) in [7, 11) is 0. The van der Waals surface area contributed by atoms with Crippen LogP contribution in [0.25, 0.3) is 0 Å². The van der Waals surface area contributed by atoms with Crippen molar-refractivity contribution in [1.82, 2.24) is 5.01 Å². The molecule has 0 unspecified atom stereocenters. The van der Waals surface area contributed by atoms with Gasteiger partial charge in [-0.3, -0.25) is 24.5 Å². The van der Waals surface area contributed by atoms with Crippen molar-refractivity contribution in [2.24, 2.45) is 5.10 Å². The van der Waals surface area contributed by atoms with Crippen molar-refractivity contribution in [3.8, 4) is 11.5 Å². The van der Waals surface area contributed by atoms with Crippen LogP contribution in [0.4, 0.5) is 5.69 Å². The summed E-state index contributed by atoms with van der Waals surface area (Å²) in [6.07, 6.45) is -1.06. The Morgan fingerprint density at radius 2 is 1.77 bits per heavy atom. The van der Waals surface area contributed by atoms with E-state index < -0.39 is 29.0 Å². The largest absolute Gasteiger partial charge is 0.446 e. The standard InChI is InChI=1S/C20H17N3O8/c1-11(24)22-20(14-5-4-6-15(9-14)23(27)28)31-19(21-22)17-8-7-16(29-12(2)25)10-18(17)30-13(3)26/h4-10,20H,1-3H3/t20-/m1/s1. The molecular weight excluding hydrogens is 410 g/mol. The molecule has 0 saturated carbocycles. The first-order valence-corrected chi connectivity index (χ1v) is 8.96. The van der Waals surface area contributed by atoms with Crippen molar-refractivity contribution in [3.05, 3.63) is 63.7 Å². The van der Waals surface area contributed by atoms with Gasteiger partial charge in [-0.2, -0.15) is 5.01 Å². The maximum atomic E-state index is 12.1. The first-order chi connectivity index (χ1) is 14.7. The number of non-ortho nitro benzene ring substituents is 1. The quantitative estimate of drug-likeness (QED) is 0.307. The summed E-state index contributed by atoms with van der Waals surface area (Å²) >= 11 is 0. The van der Waals surface area contributed by atoms with Gasteiger partial charge < -0.3 is 14.2 Å². The van der Waals surface area contributed by atoms with Crippen LogP contribution in [0.5, 0.6) is 11.5 Å². The highest BCUT2D eigenvalue weighted by Crippen LogP contribution is 2.35. The zero-order chi connectivity index (χ0) is 22.7. The lowest BCUT2D eigenvalue weighted by atomic mass is 10.1. The molecule has 11 nitrogen and oxygen atoms in total. The molecule has 0 aliphatic carbocycles. The molecule has 2 aromatic rings. The van der Waals surface area contributed by atoms with E-state index in [-0.39, 0.29) is 28.6 Å². The number of nitrogens with zero attached hydrogens (tertiary/aromatic N) is 3. The molecule has 1 atom stereocenters. The molecule has 1 heterocycles. The Bertz CT molecular complexity index is 1110. The molecule has 0 N–H and O–H groups in total. The van der Waals surface area contributed by atoms with Gasteiger partial charge in [0.2, 0.25) is 18.0 Å². The predicted molar refractivity (Wildman–Crippen MR) is 105 cm³/mol. The van der Waals surface area contributed by atoms with Crippen LogP contribution in [0, 0.1) is 10.1 Å². The number of esters is 2. The second-order valence-corrected chi connectivity index (χ2v) is 6.44. The van der Waals surface area contributed by atoms with Crippen molar-refractivity contribution in [3.63, 3.8) is 0 Å². The third-order valence-corrected chi connectivity index (χ3v) is 4.03. The van der Waals surface area contributed by atoms with Crippen LogP contribution >= 0.6 is 0 Å². The molecule has 2 aromatic carbocycles. The molecule has 0 radical (unpaired) electrons. The molecule has 31 heavy (non-hydrogen) atoms. The molecule has 0 spiro atoms. The molecule has 3 rings (SSSR count). The van der Waals surface area contributed by atoms with Gasteiger partial charge >= 0.3 is 11.9 Å². The third kappa shape index (κ3) is 4.83. The van der Waals surface area contributed by atoms with Gasteiger partial charge in [0.05, 0.1) is 10.5 Å². The number of hydrogen-bond acceptors (Lipinski definition) is 9. The summed E-state index contributed by atoms with van der Waals surface area (Å²) in [6, 6.07) is 9.80. The molecule has 1 aliphatic rings. The number of hydrogen-bond donors (Lipinski definition) is 0. The van der Waals surface area contributed by atoms with Gasteiger partial charge in [0.25, 0.3) is 5.69 Å². The lowest BCUT2D eigenvalue weighted by molar-refractivity contribution is -0.385. The van der Waals surface area contributed by atoms with Crippen molar-refractivity contribution in [2.45, 2.75) is 27.0 Å². The molecule has 160 valence electrons. The Kier molecular flexibility index (Phi) is 5.95. The van der Waals surface area contributed by atoms with E-state index in [1.807, 2.05) is 0 Å². The fraction of sp³-hybridized carbons (Fsp3) is 0.200. The van der Waals surface area contributed by atoms with Gasteiger partial charge in [-0.25, -0.2) is 0 Å². The summed E-state index contributed by atoms with van der Waals surface area (Å²) in [5.74, 6) is -1.62. The van der Waals surface area contributed by atoms with Gasteiger partial charge in [-0.1, -0.05) is 12.1 Å². The normalized spacial score (nSPS) is 15.0. The molecule has 1 aliphatic heterocycles. The highest BCUT2D eigenvalue weighted by molar-refractivity contribution is 5.99. The first kappa shape index (κ1) is 21.4. The van der Waals surface area contributed by atoms with Crippen molar-refractivity contribution < 1.29 is 33.5 Å². The van der Waals surface area contributed by atoms with Crippen molar-refractivity contribution in [2.75, 3.05) is 0 Å². The van der Waals surface area contributed by atoms with E-state index in [9.17, 15) is 24.5 Å². The van der Waals surface area contributed by atoms with Crippen LogP contribution in [-0.4, -0.2) is 33.7 Å². The summed E-state index contributed by atoms with van der Waals surface area (Å²) in [5, 5.41) is 16.3. The molecule has 0 aromatic heterocycles. The van der Waals surface area contributed by atoms with Crippen molar-refractivity contribution in [1.29, 1.82) is 0 Å². The minimum Gasteiger partial charge on any atom is -0.446 e. The number of nitro groups is 1. The topological polar surface area (TPSA) is 138 Å². The van der Waals surface area contributed by atoms with E-state index in [0.29, 0.717) is 5.56 Å². The maximum Gasteiger partial charge on any atom is 0.308 e. The number of carbonyl (C=O) groups excluding carboxylic acids is 3. The van der Waals surface area contributed by atoms with Crippen LogP contribution in [0.2, 0.25) is 0 Å². The number of nitro benzene ring substituents is 1. The van der Waals surface area contributed by atoms with Crippen LogP contribution in [0.3, 0.4) is 0 Å². The molecule has 1 amide bonds. The molecule has 0 saturated heterocycles. The number of hydrazone groups is 1. The van der Waals surface area contributed by atoms with Crippen LogP contribution in [-0.2, 0) is 19.1 Å². The predicted octanol–water partition coefficient (Wildman–Crippen LogP) is 2.68. The van der Waals surface area contributed by atoms with Gasteiger partial charge in [0, 0.05) is 44.5 Å². The summed E-state index contributed by atoms with van der Waals surface area (Å²) < 4.78 is 16.0. The number of amides is 1. The molecule has 0 bridgehead atoms. The minimum absolute atomic E-state index is 0.00630. The van der Waals surface area contributed by atoms with E-state index in [1.54, 1.807) is 6.07 Å². The highest BCUT2D eigenvalue weighted by Gasteiger charge is 2.35. The Morgan fingerprint density at radius 1 is 1.06 bits per heavy atom. The maximum absolute atomic E-state index is 12.1. The molecule has 11 heteroatoms. The zero-order valence-electron chi connectivity index (χ0n) is 16.7. The first-order valence-electron chi connectivity index (χ1n) is 8.96. The Hall–Kier alpha value is -4.28. The summed E-state index contributed by atoms with van der Waals surface area (Å²) in [5.41, 5.74) is 0.364. The SMILES string of the molecule is CC(=O)Oc1ccc(C2=NN(C(C)=O)[C@@H](c3cccc([N+](=O)[O-])c3)O2)c(OC(C)=O)c1. The van der Waals surface area contributed by atoms with E-state index in [4.69, 9.17) is 14.2 Å². The Labute approximate surface area is 176 Å². The lowest BCUT2D eigenvalue weighted by Crippen LogP contribution is -2.25. The van der Waals surface area contributed by atoms with Gasteiger partial charge in [-0.05, 0) is 12.1 Å². The smallest absolute Gasteiger partial charge is 0.308 e. The summed E-state index contributed by atoms with van der Waals surface area (Å²) in [4.78, 5) is 45.4. The second-order valence-electron chi connectivity index (χ2n) is 6.44. The lowest BCUT2D eigenvalue weighted by Gasteiger charge is -2.19. The summed E-state index contributed by atoms with van der Waals surface area (Å²) in [6.45, 7) is 3.67. The third-order valence-electron chi connectivity index (χ3n) is 4.03. The van der Waals surface area contributed by atoms with Gasteiger partial charge in [-0.15, -0.1) is 5.10 Å². The van der Waals surface area contributed by atoms with E-state index >= 15 is 0 Å². The monoisotopic (exact) mass is 427 g/mol. The van der Waals surface area contributed by atoms with Crippen LogP contribution < -0.4 is 9.47 Å². The van der Waals surface area contributed by atoms with E-state index in [1.165, 1.54) is 57.2 Å². The fourth-order valence-electron chi connectivity index (χ4n) is 2.83. The number of benzene rings is 2. The molecular formula is C20H17N3O8. The van der Waals surface area contributed by atoms with E-state index in [2.05, 4.69) is 5.10 Å². The number of carbonyl (C=O) groups is 3. The van der Waals surface area contributed by atoms with Crippen LogP contribution in [0.15, 0.2) is 47.6 Å². The van der Waals surface area contributed by atoms with E-state index in [0.717, 1.165) is 5.01 Å². The van der Waals surface area contributed by atoms with Gasteiger partial charge in [0.15, 0.2) is 0 Å². The second kappa shape index (κ2) is 8.61. The minimum atomic E-state index is -1.06. The fourth-order valence-corrected chi connectivity index (χ4v) is 2.83. The van der Waals surface area contributed by atoms with Crippen molar-refractivity contribution >= 4 is 29.4 Å². The highest BCUT2D eigenvalue weighted by atomic mass is 16.6. The number of ether oxygens (including phenoxy) is 3. The number of rotatable bonds is 5. The molecule has 0 fully saturated rings. The van der Waals surface area contributed by atoms with Gasteiger partial charge in [0.1, 0.15) is 11.5 Å².